The highest BCUT2D eigenvalue weighted by atomic mass is 35.5. The van der Waals surface area contributed by atoms with Crippen LogP contribution in [0.3, 0.4) is 0 Å². The van der Waals surface area contributed by atoms with E-state index in [1.54, 1.807) is 7.11 Å². The summed E-state index contributed by atoms with van der Waals surface area (Å²) in [5.41, 5.74) is 4.02. The Morgan fingerprint density at radius 3 is 3.00 bits per heavy atom. The maximum atomic E-state index is 10.2. The van der Waals surface area contributed by atoms with Crippen molar-refractivity contribution in [3.63, 3.8) is 0 Å². The number of benzene rings is 1. The van der Waals surface area contributed by atoms with Crippen molar-refractivity contribution in [2.75, 3.05) is 19.5 Å². The van der Waals surface area contributed by atoms with Gasteiger partial charge in [0, 0.05) is 34.8 Å². The van der Waals surface area contributed by atoms with Gasteiger partial charge in [0.05, 0.1) is 7.11 Å². The maximum absolute atomic E-state index is 10.2. The Hall–Kier alpha value is -1.23. The quantitative estimate of drug-likeness (QED) is 0.853. The van der Waals surface area contributed by atoms with Crippen LogP contribution >= 0.6 is 22.9 Å². The number of hydrogen-bond acceptors (Lipinski definition) is 4. The molecule has 0 radical (unpaired) electrons. The molecule has 0 bridgehead atoms. The molecule has 1 atom stereocenters. The molecule has 2 aliphatic heterocycles. The number of aromatic hydroxyl groups is 1. The zero-order valence-corrected chi connectivity index (χ0v) is 14.7. The molecule has 2 aliphatic rings. The number of alkyl halides is 1. The Bertz CT molecular complexity index is 743. The molecular weight excluding hydrogens is 330 g/mol. The Balaban J connectivity index is 1.69. The van der Waals surface area contributed by atoms with Crippen molar-refractivity contribution in [1.82, 2.24) is 4.90 Å². The van der Waals surface area contributed by atoms with Crippen molar-refractivity contribution in [3.8, 4) is 11.5 Å². The highest BCUT2D eigenvalue weighted by Crippen LogP contribution is 2.43. The number of phenolic OH excluding ortho intramolecular Hbond substituents is 1. The summed E-state index contributed by atoms with van der Waals surface area (Å²) in [6.07, 6.45) is 2.99. The van der Waals surface area contributed by atoms with E-state index in [0.29, 0.717) is 17.7 Å². The van der Waals surface area contributed by atoms with Crippen LogP contribution in [0.2, 0.25) is 0 Å². The lowest BCUT2D eigenvalue weighted by Crippen LogP contribution is -2.38. The summed E-state index contributed by atoms with van der Waals surface area (Å²) in [5, 5.41) is 10.2. The third-order valence-electron chi connectivity index (χ3n) is 4.96. The maximum Gasteiger partial charge on any atom is 0.160 e. The first-order chi connectivity index (χ1) is 11.2. The number of rotatable bonds is 3. The van der Waals surface area contributed by atoms with E-state index < -0.39 is 0 Å². The van der Waals surface area contributed by atoms with Crippen molar-refractivity contribution < 1.29 is 9.84 Å². The zero-order chi connectivity index (χ0) is 16.0. The van der Waals surface area contributed by atoms with Gasteiger partial charge in [-0.2, -0.15) is 0 Å². The molecule has 122 valence electrons. The molecular formula is C18H20ClNO2S. The average Bonchev–Trinajstić information content (AvgIpc) is 2.94. The van der Waals surface area contributed by atoms with E-state index in [1.165, 1.54) is 26.4 Å². The molecule has 3 heterocycles. The van der Waals surface area contributed by atoms with Gasteiger partial charge in [0.1, 0.15) is 0 Å². The largest absolute Gasteiger partial charge is 0.504 e. The third kappa shape index (κ3) is 2.63. The smallest absolute Gasteiger partial charge is 0.160 e. The van der Waals surface area contributed by atoms with Gasteiger partial charge in [0.15, 0.2) is 11.5 Å². The number of nitrogens with zero attached hydrogens (tertiary/aromatic N) is 1. The number of halogens is 1. The van der Waals surface area contributed by atoms with Gasteiger partial charge in [-0.15, -0.1) is 22.9 Å². The second-order valence-corrected chi connectivity index (χ2v) is 7.86. The molecule has 0 saturated heterocycles. The van der Waals surface area contributed by atoms with E-state index in [9.17, 15) is 5.11 Å². The molecule has 5 heteroatoms. The highest BCUT2D eigenvalue weighted by molar-refractivity contribution is 7.12. The van der Waals surface area contributed by atoms with Crippen LogP contribution in [0.15, 0.2) is 18.2 Å². The van der Waals surface area contributed by atoms with E-state index in [2.05, 4.69) is 11.0 Å². The molecule has 0 fully saturated rings. The summed E-state index contributed by atoms with van der Waals surface area (Å²) in [7, 11) is 1.60. The molecule has 1 aromatic heterocycles. The van der Waals surface area contributed by atoms with Gasteiger partial charge in [-0.1, -0.05) is 0 Å². The Morgan fingerprint density at radius 1 is 1.35 bits per heavy atom. The number of fused-ring (bicyclic) bond motifs is 4. The molecule has 0 saturated carbocycles. The van der Waals surface area contributed by atoms with Crippen LogP contribution in [0.25, 0.3) is 0 Å². The highest BCUT2D eigenvalue weighted by Gasteiger charge is 2.33. The van der Waals surface area contributed by atoms with Gasteiger partial charge in [-0.25, -0.2) is 0 Å². The van der Waals surface area contributed by atoms with Crippen LogP contribution < -0.4 is 4.74 Å². The van der Waals surface area contributed by atoms with Crippen molar-refractivity contribution in [1.29, 1.82) is 0 Å². The van der Waals surface area contributed by atoms with Crippen molar-refractivity contribution in [3.05, 3.63) is 44.6 Å². The monoisotopic (exact) mass is 349 g/mol. The number of hydrogen-bond donors (Lipinski definition) is 1. The number of methoxy groups -OCH3 is 1. The Kier molecular flexibility index (Phi) is 4.00. The van der Waals surface area contributed by atoms with E-state index in [1.807, 2.05) is 23.5 Å². The van der Waals surface area contributed by atoms with Crippen LogP contribution in [0.5, 0.6) is 11.5 Å². The normalized spacial score (nSPS) is 19.8. The summed E-state index contributed by atoms with van der Waals surface area (Å²) in [6.45, 7) is 2.08. The van der Waals surface area contributed by atoms with Gasteiger partial charge in [-0.3, -0.25) is 4.90 Å². The molecule has 4 rings (SSSR count). The lowest BCUT2D eigenvalue weighted by Gasteiger charge is -2.40. The minimum Gasteiger partial charge on any atom is -0.504 e. The first-order valence-electron chi connectivity index (χ1n) is 8.00. The Labute approximate surface area is 145 Å². The van der Waals surface area contributed by atoms with Crippen molar-refractivity contribution >= 4 is 22.9 Å². The second kappa shape index (κ2) is 6.00. The number of aryl methyl sites for hydroxylation is 1. The molecule has 0 unspecified atom stereocenters. The minimum absolute atomic E-state index is 0.243. The van der Waals surface area contributed by atoms with E-state index in [0.717, 1.165) is 32.4 Å². The fourth-order valence-corrected chi connectivity index (χ4v) is 5.35. The van der Waals surface area contributed by atoms with Crippen LogP contribution in [-0.4, -0.2) is 29.5 Å². The van der Waals surface area contributed by atoms with E-state index in [-0.39, 0.29) is 5.75 Å². The second-order valence-electron chi connectivity index (χ2n) is 6.26. The van der Waals surface area contributed by atoms with E-state index in [4.69, 9.17) is 16.3 Å². The van der Waals surface area contributed by atoms with E-state index >= 15 is 0 Å². The molecule has 1 aromatic carbocycles. The summed E-state index contributed by atoms with van der Waals surface area (Å²) < 4.78 is 5.26. The van der Waals surface area contributed by atoms with Crippen molar-refractivity contribution in [2.24, 2.45) is 0 Å². The standard InChI is InChI=1S/C18H20ClNO2S/c1-22-17-8-11-3-5-20-10-18-12(6-13(23-18)2-4-19)7-15(20)14(11)9-16(17)21/h6,8-9,15,21H,2-5,7,10H2,1H3/t15-/m0/s1. The number of phenols is 1. The van der Waals surface area contributed by atoms with Gasteiger partial charge in [0.25, 0.3) is 0 Å². The predicted molar refractivity (Wildman–Crippen MR) is 94.0 cm³/mol. The fraction of sp³-hybridized carbons (Fsp3) is 0.444. The molecule has 2 aromatic rings. The van der Waals surface area contributed by atoms with Crippen molar-refractivity contribution in [2.45, 2.75) is 31.8 Å². The summed E-state index contributed by atoms with van der Waals surface area (Å²) in [5.74, 6) is 1.50. The lowest BCUT2D eigenvalue weighted by molar-refractivity contribution is 0.163. The molecule has 0 amide bonds. The zero-order valence-electron chi connectivity index (χ0n) is 13.1. The molecule has 3 nitrogen and oxygen atoms in total. The summed E-state index contributed by atoms with van der Waals surface area (Å²) in [6, 6.07) is 6.60. The lowest BCUT2D eigenvalue weighted by atomic mass is 9.86. The van der Waals surface area contributed by atoms with Gasteiger partial charge < -0.3 is 9.84 Å². The molecule has 23 heavy (non-hydrogen) atoms. The summed E-state index contributed by atoms with van der Waals surface area (Å²) in [4.78, 5) is 5.42. The summed E-state index contributed by atoms with van der Waals surface area (Å²) >= 11 is 7.80. The average molecular weight is 350 g/mol. The molecule has 0 aliphatic carbocycles. The predicted octanol–water partition coefficient (Wildman–Crippen LogP) is 3.90. The van der Waals surface area contributed by atoms with Gasteiger partial charge in [0.2, 0.25) is 0 Å². The SMILES string of the molecule is COc1cc2c(cc1O)[C@@H]1Cc3cc(CCCl)sc3CN1CC2. The van der Waals surface area contributed by atoms with Crippen LogP contribution in [-0.2, 0) is 25.8 Å². The van der Waals surface area contributed by atoms with Crippen LogP contribution in [0, 0.1) is 0 Å². The van der Waals surface area contributed by atoms with Crippen LogP contribution in [0.4, 0.5) is 0 Å². The third-order valence-corrected chi connectivity index (χ3v) is 6.37. The number of thiophene rings is 1. The molecule has 1 N–H and O–H groups in total. The van der Waals surface area contributed by atoms with Crippen LogP contribution in [0.1, 0.15) is 32.5 Å². The topological polar surface area (TPSA) is 32.7 Å². The fourth-order valence-electron chi connectivity index (χ4n) is 3.81. The van der Waals surface area contributed by atoms with Gasteiger partial charge >= 0.3 is 0 Å². The first-order valence-corrected chi connectivity index (χ1v) is 9.35. The first kappa shape index (κ1) is 15.3. The minimum atomic E-state index is 0.243. The number of ether oxygens (including phenoxy) is 1. The van der Waals surface area contributed by atoms with Gasteiger partial charge in [-0.05, 0) is 54.2 Å². The molecule has 0 spiro atoms. The Morgan fingerprint density at radius 2 is 2.22 bits per heavy atom.